The molecule has 1 saturated heterocycles. The first-order valence-corrected chi connectivity index (χ1v) is 6.08. The van der Waals surface area contributed by atoms with Crippen LogP contribution in [-0.2, 0) is 9.47 Å². The minimum Gasteiger partial charge on any atom is -0.381 e. The summed E-state index contributed by atoms with van der Waals surface area (Å²) < 4.78 is 11.1. The second-order valence-electron chi connectivity index (χ2n) is 4.44. The molecule has 1 unspecified atom stereocenters. The molecule has 0 aromatic rings. The summed E-state index contributed by atoms with van der Waals surface area (Å²) in [5.41, 5.74) is 0. The normalized spacial score (nSPS) is 24.3. The van der Waals surface area contributed by atoms with E-state index in [0.29, 0.717) is 12.5 Å². The van der Waals surface area contributed by atoms with Crippen molar-refractivity contribution in [2.45, 2.75) is 51.9 Å². The smallest absolute Gasteiger partial charge is 0.157 e. The molecule has 3 heteroatoms. The minimum atomic E-state index is -0.533. The van der Waals surface area contributed by atoms with Crippen LogP contribution in [0.1, 0.15) is 39.5 Å². The van der Waals surface area contributed by atoms with Gasteiger partial charge in [-0.25, -0.2) is 0 Å². The van der Waals surface area contributed by atoms with E-state index in [-0.39, 0.29) is 6.29 Å². The second kappa shape index (κ2) is 7.67. The average Bonchev–Trinajstić information content (AvgIpc) is 2.27. The van der Waals surface area contributed by atoms with Gasteiger partial charge in [-0.1, -0.05) is 12.8 Å². The number of hydrogen-bond donors (Lipinski definition) is 1. The van der Waals surface area contributed by atoms with Crippen molar-refractivity contribution in [3.8, 4) is 11.8 Å². The Morgan fingerprint density at radius 2 is 2.25 bits per heavy atom. The minimum absolute atomic E-state index is 0.0130. The second-order valence-corrected chi connectivity index (χ2v) is 4.44. The average molecular weight is 226 g/mol. The molecule has 1 aliphatic heterocycles. The van der Waals surface area contributed by atoms with E-state index in [1.165, 1.54) is 6.42 Å². The van der Waals surface area contributed by atoms with Crippen molar-refractivity contribution in [3.05, 3.63) is 0 Å². The Morgan fingerprint density at radius 3 is 2.88 bits per heavy atom. The Morgan fingerprint density at radius 1 is 1.44 bits per heavy atom. The summed E-state index contributed by atoms with van der Waals surface area (Å²) in [6.45, 7) is 5.27. The van der Waals surface area contributed by atoms with Crippen LogP contribution in [0.2, 0.25) is 0 Å². The lowest BCUT2D eigenvalue weighted by Gasteiger charge is -2.23. The molecule has 0 aromatic heterocycles. The summed E-state index contributed by atoms with van der Waals surface area (Å²) in [4.78, 5) is 0. The van der Waals surface area contributed by atoms with Gasteiger partial charge >= 0.3 is 0 Å². The van der Waals surface area contributed by atoms with Crippen LogP contribution in [0.4, 0.5) is 0 Å². The van der Waals surface area contributed by atoms with Gasteiger partial charge < -0.3 is 14.6 Å². The van der Waals surface area contributed by atoms with Crippen LogP contribution >= 0.6 is 0 Å². The van der Waals surface area contributed by atoms with E-state index in [1.54, 1.807) is 6.92 Å². The van der Waals surface area contributed by atoms with Gasteiger partial charge in [-0.15, -0.1) is 5.92 Å². The summed E-state index contributed by atoms with van der Waals surface area (Å²) in [6, 6.07) is 0. The lowest BCUT2D eigenvalue weighted by Crippen LogP contribution is -2.24. The Hall–Kier alpha value is -0.560. The van der Waals surface area contributed by atoms with Crippen molar-refractivity contribution >= 4 is 0 Å². The molecule has 92 valence electrons. The number of hydrogen-bond acceptors (Lipinski definition) is 3. The number of aliphatic hydroxyl groups is 1. The van der Waals surface area contributed by atoms with Crippen molar-refractivity contribution < 1.29 is 14.6 Å². The zero-order valence-corrected chi connectivity index (χ0v) is 10.2. The fourth-order valence-electron chi connectivity index (χ4n) is 1.55. The quantitative estimate of drug-likeness (QED) is 0.745. The van der Waals surface area contributed by atoms with Crippen LogP contribution in [0.15, 0.2) is 0 Å². The molecule has 0 radical (unpaired) electrons. The van der Waals surface area contributed by atoms with Crippen molar-refractivity contribution in [2.75, 3.05) is 13.2 Å². The van der Waals surface area contributed by atoms with Gasteiger partial charge in [0.05, 0.1) is 6.61 Å². The summed E-state index contributed by atoms with van der Waals surface area (Å²) in [5.74, 6) is 6.07. The summed E-state index contributed by atoms with van der Waals surface area (Å²) in [6.07, 6.45) is 3.57. The first kappa shape index (κ1) is 13.5. The maximum Gasteiger partial charge on any atom is 0.157 e. The molecule has 0 aliphatic carbocycles. The van der Waals surface area contributed by atoms with Gasteiger partial charge in [-0.2, -0.15) is 0 Å². The largest absolute Gasteiger partial charge is 0.381 e. The van der Waals surface area contributed by atoms with E-state index < -0.39 is 6.10 Å². The van der Waals surface area contributed by atoms with Crippen LogP contribution in [0.25, 0.3) is 0 Å². The number of aliphatic hydroxyl groups excluding tert-OH is 1. The maximum atomic E-state index is 8.97. The molecular weight excluding hydrogens is 204 g/mol. The van der Waals surface area contributed by atoms with Gasteiger partial charge in [0, 0.05) is 13.0 Å². The molecular formula is C13H22O3. The molecule has 0 saturated carbocycles. The van der Waals surface area contributed by atoms with Crippen molar-refractivity contribution in [1.82, 2.24) is 0 Å². The molecule has 1 rings (SSSR count). The molecule has 3 nitrogen and oxygen atoms in total. The van der Waals surface area contributed by atoms with Crippen LogP contribution < -0.4 is 0 Å². The molecule has 16 heavy (non-hydrogen) atoms. The standard InChI is InChI=1S/C13H22O3/c1-11(6-5-7-12(2)14)10-16-13-8-3-4-9-15-13/h11-14H,3-4,6,8-10H2,1-2H3/t11-,12+,13?/m0/s1. The molecule has 1 fully saturated rings. The SMILES string of the molecule is C[C@@H](CC#C[C@@H](C)O)COC1CCCCO1. The third-order valence-electron chi connectivity index (χ3n) is 2.47. The van der Waals surface area contributed by atoms with E-state index in [0.717, 1.165) is 25.9 Å². The Bertz CT molecular complexity index is 233. The first-order valence-electron chi connectivity index (χ1n) is 6.08. The highest BCUT2D eigenvalue weighted by Crippen LogP contribution is 2.15. The molecule has 1 N–H and O–H groups in total. The summed E-state index contributed by atoms with van der Waals surface area (Å²) in [7, 11) is 0. The van der Waals surface area contributed by atoms with Crippen molar-refractivity contribution in [3.63, 3.8) is 0 Å². The highest BCUT2D eigenvalue weighted by molar-refractivity contribution is 5.03. The highest BCUT2D eigenvalue weighted by Gasteiger charge is 2.14. The monoisotopic (exact) mass is 226 g/mol. The van der Waals surface area contributed by atoms with E-state index >= 15 is 0 Å². The molecule has 1 heterocycles. The van der Waals surface area contributed by atoms with Crippen molar-refractivity contribution in [2.24, 2.45) is 5.92 Å². The zero-order valence-electron chi connectivity index (χ0n) is 10.2. The number of ether oxygens (including phenoxy) is 2. The van der Waals surface area contributed by atoms with Gasteiger partial charge in [-0.3, -0.25) is 0 Å². The van der Waals surface area contributed by atoms with Gasteiger partial charge in [-0.05, 0) is 32.1 Å². The van der Waals surface area contributed by atoms with Crippen LogP contribution in [0.3, 0.4) is 0 Å². The third kappa shape index (κ3) is 6.12. The van der Waals surface area contributed by atoms with Crippen LogP contribution in [0, 0.1) is 17.8 Å². The highest BCUT2D eigenvalue weighted by atomic mass is 16.7. The van der Waals surface area contributed by atoms with Crippen LogP contribution in [0.5, 0.6) is 0 Å². The zero-order chi connectivity index (χ0) is 11.8. The molecule has 3 atom stereocenters. The lowest BCUT2D eigenvalue weighted by molar-refractivity contribution is -0.167. The number of rotatable bonds is 4. The lowest BCUT2D eigenvalue weighted by atomic mass is 10.1. The molecule has 0 amide bonds. The topological polar surface area (TPSA) is 38.7 Å². The summed E-state index contributed by atoms with van der Waals surface area (Å²) in [5, 5.41) is 8.97. The first-order chi connectivity index (χ1) is 7.68. The van der Waals surface area contributed by atoms with Crippen LogP contribution in [-0.4, -0.2) is 30.7 Å². The van der Waals surface area contributed by atoms with E-state index in [9.17, 15) is 0 Å². The van der Waals surface area contributed by atoms with E-state index in [1.807, 2.05) is 0 Å². The van der Waals surface area contributed by atoms with Gasteiger partial charge in [0.25, 0.3) is 0 Å². The Balaban J connectivity index is 2.10. The molecule has 0 bridgehead atoms. The predicted molar refractivity (Wildman–Crippen MR) is 62.8 cm³/mol. The van der Waals surface area contributed by atoms with Gasteiger partial charge in [0.1, 0.15) is 6.10 Å². The summed E-state index contributed by atoms with van der Waals surface area (Å²) >= 11 is 0. The van der Waals surface area contributed by atoms with Crippen molar-refractivity contribution in [1.29, 1.82) is 0 Å². The maximum absolute atomic E-state index is 8.97. The molecule has 1 aliphatic rings. The van der Waals surface area contributed by atoms with E-state index in [2.05, 4.69) is 18.8 Å². The Kier molecular flexibility index (Phi) is 6.47. The Labute approximate surface area is 98.1 Å². The van der Waals surface area contributed by atoms with Gasteiger partial charge in [0.2, 0.25) is 0 Å². The van der Waals surface area contributed by atoms with Gasteiger partial charge in [0.15, 0.2) is 6.29 Å². The third-order valence-corrected chi connectivity index (χ3v) is 2.47. The fourth-order valence-corrected chi connectivity index (χ4v) is 1.55. The van der Waals surface area contributed by atoms with E-state index in [4.69, 9.17) is 14.6 Å². The molecule has 0 spiro atoms. The molecule has 0 aromatic carbocycles. The predicted octanol–water partition coefficient (Wildman–Crippen LogP) is 1.94. The fraction of sp³-hybridized carbons (Fsp3) is 0.846.